The third-order valence-electron chi connectivity index (χ3n) is 4.43. The van der Waals surface area contributed by atoms with Gasteiger partial charge in [-0.3, -0.25) is 14.5 Å². The molecule has 146 valence electrons. The topological polar surface area (TPSA) is 87.7 Å². The SMILES string of the molecule is COc1ccccc1NC(=O)CN1C(=O)NC(C)(c2ccc(F)cc2Cl)C1=O. The normalized spacial score (nSPS) is 18.8. The molecule has 0 radical (unpaired) electrons. The first kappa shape index (κ1) is 19.6. The third kappa shape index (κ3) is 3.50. The Kier molecular flexibility index (Phi) is 5.24. The van der Waals surface area contributed by atoms with Crippen LogP contribution in [0, 0.1) is 5.82 Å². The Labute approximate surface area is 165 Å². The van der Waals surface area contributed by atoms with Gasteiger partial charge in [-0.25, -0.2) is 9.18 Å². The van der Waals surface area contributed by atoms with Crippen LogP contribution in [-0.2, 0) is 15.1 Å². The van der Waals surface area contributed by atoms with Crippen LogP contribution >= 0.6 is 11.6 Å². The highest BCUT2D eigenvalue weighted by Gasteiger charge is 2.50. The molecule has 1 unspecified atom stereocenters. The largest absolute Gasteiger partial charge is 0.495 e. The molecule has 1 heterocycles. The zero-order valence-electron chi connectivity index (χ0n) is 15.1. The van der Waals surface area contributed by atoms with Crippen molar-refractivity contribution in [2.45, 2.75) is 12.5 Å². The van der Waals surface area contributed by atoms with Gasteiger partial charge >= 0.3 is 6.03 Å². The molecule has 1 saturated heterocycles. The molecule has 9 heteroatoms. The van der Waals surface area contributed by atoms with Gasteiger partial charge in [0.15, 0.2) is 0 Å². The Balaban J connectivity index is 1.79. The van der Waals surface area contributed by atoms with Gasteiger partial charge in [0.2, 0.25) is 5.91 Å². The number of nitrogens with zero attached hydrogens (tertiary/aromatic N) is 1. The number of amides is 4. The van der Waals surface area contributed by atoms with Crippen molar-refractivity contribution in [3.63, 3.8) is 0 Å². The first-order valence-corrected chi connectivity index (χ1v) is 8.66. The molecule has 28 heavy (non-hydrogen) atoms. The van der Waals surface area contributed by atoms with Crippen molar-refractivity contribution in [2.75, 3.05) is 19.0 Å². The van der Waals surface area contributed by atoms with Gasteiger partial charge in [0.1, 0.15) is 23.7 Å². The van der Waals surface area contributed by atoms with E-state index in [1.807, 2.05) is 0 Å². The predicted molar refractivity (Wildman–Crippen MR) is 101 cm³/mol. The lowest BCUT2D eigenvalue weighted by atomic mass is 9.92. The number of carbonyl (C=O) groups is 3. The second kappa shape index (κ2) is 7.47. The van der Waals surface area contributed by atoms with Crippen LogP contribution in [0.1, 0.15) is 12.5 Å². The Morgan fingerprint density at radius 3 is 2.68 bits per heavy atom. The summed E-state index contributed by atoms with van der Waals surface area (Å²) < 4.78 is 18.5. The van der Waals surface area contributed by atoms with Crippen LogP contribution in [0.3, 0.4) is 0 Å². The number of nitrogens with one attached hydrogen (secondary N) is 2. The summed E-state index contributed by atoms with van der Waals surface area (Å²) in [5.74, 6) is -1.37. The number of benzene rings is 2. The molecular formula is C19H17ClFN3O4. The highest BCUT2D eigenvalue weighted by molar-refractivity contribution is 6.32. The van der Waals surface area contributed by atoms with E-state index in [0.717, 1.165) is 17.0 Å². The summed E-state index contributed by atoms with van der Waals surface area (Å²) in [6.07, 6.45) is 0. The fourth-order valence-corrected chi connectivity index (χ4v) is 3.36. The minimum Gasteiger partial charge on any atom is -0.495 e. The van der Waals surface area contributed by atoms with Crippen molar-refractivity contribution >= 4 is 35.1 Å². The van der Waals surface area contributed by atoms with Crippen molar-refractivity contribution in [3.05, 3.63) is 58.9 Å². The third-order valence-corrected chi connectivity index (χ3v) is 4.74. The summed E-state index contributed by atoms with van der Waals surface area (Å²) in [5.41, 5.74) is -0.861. The summed E-state index contributed by atoms with van der Waals surface area (Å²) in [6.45, 7) is 0.946. The standard InChI is InChI=1S/C19H17ClFN3O4/c1-19(12-8-7-11(21)9-13(12)20)17(26)24(18(27)23-19)10-16(25)22-14-5-3-4-6-15(14)28-2/h3-9H,10H2,1-2H3,(H,22,25)(H,23,27). The number of anilines is 1. The fraction of sp³-hybridized carbons (Fsp3) is 0.211. The van der Waals surface area contributed by atoms with Crippen molar-refractivity contribution in [1.82, 2.24) is 10.2 Å². The summed E-state index contributed by atoms with van der Waals surface area (Å²) in [4.78, 5) is 38.4. The van der Waals surface area contributed by atoms with Crippen molar-refractivity contribution in [3.8, 4) is 5.75 Å². The summed E-state index contributed by atoms with van der Waals surface area (Å²) in [5, 5.41) is 5.12. The molecule has 0 saturated carbocycles. The Morgan fingerprint density at radius 2 is 2.00 bits per heavy atom. The molecule has 1 atom stereocenters. The lowest BCUT2D eigenvalue weighted by Gasteiger charge is -2.23. The van der Waals surface area contributed by atoms with Gasteiger partial charge in [0.05, 0.1) is 12.8 Å². The van der Waals surface area contributed by atoms with E-state index in [1.165, 1.54) is 20.1 Å². The van der Waals surface area contributed by atoms with E-state index < -0.39 is 35.7 Å². The van der Waals surface area contributed by atoms with Crippen LogP contribution in [0.15, 0.2) is 42.5 Å². The van der Waals surface area contributed by atoms with Gasteiger partial charge in [0, 0.05) is 10.6 Å². The van der Waals surface area contributed by atoms with Crippen LogP contribution in [0.2, 0.25) is 5.02 Å². The van der Waals surface area contributed by atoms with E-state index in [0.29, 0.717) is 11.4 Å². The molecule has 3 rings (SSSR count). The molecule has 1 aliphatic rings. The monoisotopic (exact) mass is 405 g/mol. The van der Waals surface area contributed by atoms with Crippen molar-refractivity contribution in [2.24, 2.45) is 0 Å². The molecule has 0 aromatic heterocycles. The van der Waals surface area contributed by atoms with Crippen molar-refractivity contribution in [1.29, 1.82) is 0 Å². The second-order valence-corrected chi connectivity index (χ2v) is 6.73. The highest BCUT2D eigenvalue weighted by Crippen LogP contribution is 2.34. The maximum absolute atomic E-state index is 13.3. The van der Waals surface area contributed by atoms with Gasteiger partial charge in [-0.15, -0.1) is 0 Å². The van der Waals surface area contributed by atoms with E-state index in [4.69, 9.17) is 16.3 Å². The number of imide groups is 1. The number of hydrogen-bond acceptors (Lipinski definition) is 4. The number of rotatable bonds is 5. The molecule has 0 aliphatic carbocycles. The number of para-hydroxylation sites is 2. The van der Waals surface area contributed by atoms with E-state index in [1.54, 1.807) is 24.3 Å². The first-order chi connectivity index (χ1) is 13.3. The lowest BCUT2D eigenvalue weighted by Crippen LogP contribution is -2.42. The van der Waals surface area contributed by atoms with Crippen LogP contribution in [0.25, 0.3) is 0 Å². The van der Waals surface area contributed by atoms with Crippen molar-refractivity contribution < 1.29 is 23.5 Å². The lowest BCUT2D eigenvalue weighted by molar-refractivity contribution is -0.133. The van der Waals surface area contributed by atoms with Gasteiger partial charge in [-0.2, -0.15) is 0 Å². The molecule has 0 spiro atoms. The summed E-state index contributed by atoms with van der Waals surface area (Å²) in [7, 11) is 1.46. The molecule has 2 aromatic rings. The van der Waals surface area contributed by atoms with Gasteiger partial charge in [0.25, 0.3) is 5.91 Å². The fourth-order valence-electron chi connectivity index (χ4n) is 3.00. The quantitative estimate of drug-likeness (QED) is 0.749. The van der Waals surface area contributed by atoms with Gasteiger partial charge in [-0.1, -0.05) is 29.8 Å². The van der Waals surface area contributed by atoms with E-state index in [2.05, 4.69) is 10.6 Å². The smallest absolute Gasteiger partial charge is 0.325 e. The van der Waals surface area contributed by atoms with E-state index >= 15 is 0 Å². The second-order valence-electron chi connectivity index (χ2n) is 6.32. The summed E-state index contributed by atoms with van der Waals surface area (Å²) >= 11 is 6.05. The molecule has 1 aliphatic heterocycles. The van der Waals surface area contributed by atoms with Crippen LogP contribution < -0.4 is 15.4 Å². The minimum absolute atomic E-state index is 0.00327. The average molecular weight is 406 g/mol. The zero-order valence-corrected chi connectivity index (χ0v) is 15.8. The molecule has 2 N–H and O–H groups in total. The molecule has 1 fully saturated rings. The highest BCUT2D eigenvalue weighted by atomic mass is 35.5. The maximum atomic E-state index is 13.3. The van der Waals surface area contributed by atoms with Gasteiger partial charge in [-0.05, 0) is 31.2 Å². The Bertz CT molecular complexity index is 968. The molecule has 7 nitrogen and oxygen atoms in total. The first-order valence-electron chi connectivity index (χ1n) is 8.29. The maximum Gasteiger partial charge on any atom is 0.325 e. The number of hydrogen-bond donors (Lipinski definition) is 2. The number of ether oxygens (including phenoxy) is 1. The number of urea groups is 1. The zero-order chi connectivity index (χ0) is 20.5. The Morgan fingerprint density at radius 1 is 1.29 bits per heavy atom. The van der Waals surface area contributed by atoms with Crippen LogP contribution in [0.4, 0.5) is 14.9 Å². The minimum atomic E-state index is -1.51. The molecule has 0 bridgehead atoms. The molecule has 4 amide bonds. The van der Waals surface area contributed by atoms with Crippen LogP contribution in [0.5, 0.6) is 5.75 Å². The van der Waals surface area contributed by atoms with E-state index in [9.17, 15) is 18.8 Å². The number of methoxy groups -OCH3 is 1. The predicted octanol–water partition coefficient (Wildman–Crippen LogP) is 2.89. The molecule has 2 aromatic carbocycles. The average Bonchev–Trinajstić information content (AvgIpc) is 2.86. The molecular weight excluding hydrogens is 389 g/mol. The summed E-state index contributed by atoms with van der Waals surface area (Å²) in [6, 6.07) is 9.52. The Hall–Kier alpha value is -3.13. The number of halogens is 2. The van der Waals surface area contributed by atoms with Crippen LogP contribution in [-0.4, -0.2) is 36.4 Å². The van der Waals surface area contributed by atoms with Gasteiger partial charge < -0.3 is 15.4 Å². The van der Waals surface area contributed by atoms with E-state index in [-0.39, 0.29) is 10.6 Å². The number of carbonyl (C=O) groups excluding carboxylic acids is 3.